The maximum Gasteiger partial charge on any atom is 0.243 e. The van der Waals surface area contributed by atoms with Crippen LogP contribution in [0.5, 0.6) is 0 Å². The number of sulfonamides is 1. The Balaban J connectivity index is 0.00000200. The van der Waals surface area contributed by atoms with Gasteiger partial charge in [-0.25, -0.2) is 16.8 Å². The highest BCUT2D eigenvalue weighted by Crippen LogP contribution is 2.20. The van der Waals surface area contributed by atoms with E-state index in [0.717, 1.165) is 6.26 Å². The first-order chi connectivity index (χ1) is 8.73. The van der Waals surface area contributed by atoms with E-state index in [2.05, 4.69) is 5.32 Å². The van der Waals surface area contributed by atoms with Crippen molar-refractivity contribution < 1.29 is 16.8 Å². The summed E-state index contributed by atoms with van der Waals surface area (Å²) >= 11 is 0. The third-order valence-electron chi connectivity index (χ3n) is 3.20. The Morgan fingerprint density at radius 2 is 1.50 bits per heavy atom. The molecule has 1 aromatic carbocycles. The third kappa shape index (κ3) is 3.32. The van der Waals surface area contributed by atoms with Crippen LogP contribution in [0.2, 0.25) is 0 Å². The van der Waals surface area contributed by atoms with Crippen LogP contribution in [0, 0.1) is 0 Å². The van der Waals surface area contributed by atoms with E-state index in [4.69, 9.17) is 0 Å². The summed E-state index contributed by atoms with van der Waals surface area (Å²) in [6, 6.07) is 5.24. The number of nitrogens with zero attached hydrogens (tertiary/aromatic N) is 1. The van der Waals surface area contributed by atoms with Crippen LogP contribution in [-0.4, -0.2) is 53.6 Å². The molecule has 1 aromatic rings. The van der Waals surface area contributed by atoms with E-state index in [1.807, 2.05) is 0 Å². The highest BCUT2D eigenvalue weighted by molar-refractivity contribution is 7.90. The quantitative estimate of drug-likeness (QED) is 0.840. The maximum atomic E-state index is 12.3. The van der Waals surface area contributed by atoms with E-state index >= 15 is 0 Å². The van der Waals surface area contributed by atoms with Gasteiger partial charge in [-0.15, -0.1) is 12.4 Å². The minimum absolute atomic E-state index is 0. The smallest absolute Gasteiger partial charge is 0.243 e. The number of rotatable bonds is 4. The van der Waals surface area contributed by atoms with E-state index in [1.54, 1.807) is 0 Å². The second kappa shape index (κ2) is 5.98. The molecule has 2 rings (SSSR count). The number of likely N-dealkylation sites (N-methyl/N-ethyl adjacent to an activating group) is 1. The van der Waals surface area contributed by atoms with Gasteiger partial charge >= 0.3 is 0 Å². The first-order valence-electron chi connectivity index (χ1n) is 5.72. The topological polar surface area (TPSA) is 83.6 Å². The van der Waals surface area contributed by atoms with Gasteiger partial charge in [0.2, 0.25) is 10.0 Å². The van der Waals surface area contributed by atoms with Crippen molar-refractivity contribution in [2.24, 2.45) is 0 Å². The summed E-state index contributed by atoms with van der Waals surface area (Å²) < 4.78 is 48.5. The second-order valence-corrected chi connectivity index (χ2v) is 8.59. The first kappa shape index (κ1) is 17.4. The van der Waals surface area contributed by atoms with Crippen molar-refractivity contribution in [2.45, 2.75) is 15.8 Å². The Hall–Kier alpha value is -0.670. The van der Waals surface area contributed by atoms with E-state index in [9.17, 15) is 16.8 Å². The maximum absolute atomic E-state index is 12.3. The molecule has 0 spiro atoms. The summed E-state index contributed by atoms with van der Waals surface area (Å²) in [6.07, 6.45) is 1.09. The number of sulfone groups is 1. The molecule has 1 aliphatic rings. The molecule has 0 radical (unpaired) electrons. The van der Waals surface area contributed by atoms with Crippen molar-refractivity contribution in [2.75, 3.05) is 26.4 Å². The van der Waals surface area contributed by atoms with E-state index in [0.29, 0.717) is 13.1 Å². The van der Waals surface area contributed by atoms with Gasteiger partial charge in [-0.05, 0) is 24.3 Å². The molecule has 6 nitrogen and oxygen atoms in total. The molecule has 0 bridgehead atoms. The van der Waals surface area contributed by atoms with Crippen molar-refractivity contribution >= 4 is 32.3 Å². The summed E-state index contributed by atoms with van der Waals surface area (Å²) in [6.45, 7) is 1.27. The minimum atomic E-state index is -3.56. The summed E-state index contributed by atoms with van der Waals surface area (Å²) in [5.41, 5.74) is 0. The number of benzene rings is 1. The number of halogens is 1. The molecule has 114 valence electrons. The molecule has 0 saturated carbocycles. The van der Waals surface area contributed by atoms with Crippen LogP contribution in [0.1, 0.15) is 0 Å². The fraction of sp³-hybridized carbons (Fsp3) is 0.455. The highest BCUT2D eigenvalue weighted by Gasteiger charge is 2.31. The van der Waals surface area contributed by atoms with Crippen LogP contribution < -0.4 is 5.32 Å². The molecule has 0 atom stereocenters. The third-order valence-corrected chi connectivity index (χ3v) is 6.26. The van der Waals surface area contributed by atoms with Gasteiger partial charge < -0.3 is 5.32 Å². The lowest BCUT2D eigenvalue weighted by atomic mass is 10.2. The molecule has 1 saturated heterocycles. The number of hydrogen-bond donors (Lipinski definition) is 1. The summed E-state index contributed by atoms with van der Waals surface area (Å²) in [5.74, 6) is 0. The predicted octanol–water partition coefficient (Wildman–Crippen LogP) is 0.104. The monoisotopic (exact) mass is 340 g/mol. The van der Waals surface area contributed by atoms with E-state index < -0.39 is 19.9 Å². The van der Waals surface area contributed by atoms with E-state index in [-0.39, 0.29) is 28.2 Å². The van der Waals surface area contributed by atoms with Gasteiger partial charge in [0.05, 0.1) is 9.79 Å². The summed E-state index contributed by atoms with van der Waals surface area (Å²) in [5, 5.41) is 3.01. The van der Waals surface area contributed by atoms with Gasteiger partial charge in [-0.1, -0.05) is 0 Å². The fourth-order valence-corrected chi connectivity index (χ4v) is 3.74. The van der Waals surface area contributed by atoms with Crippen LogP contribution in [0.3, 0.4) is 0 Å². The van der Waals surface area contributed by atoms with Gasteiger partial charge in [0.15, 0.2) is 9.84 Å². The molecule has 0 aliphatic carbocycles. The van der Waals surface area contributed by atoms with Crippen LogP contribution in [0.25, 0.3) is 0 Å². The lowest BCUT2D eigenvalue weighted by molar-refractivity contribution is 0.274. The molecule has 1 aliphatic heterocycles. The molecular formula is C11H17ClN2O4S2. The van der Waals surface area contributed by atoms with E-state index in [1.165, 1.54) is 35.6 Å². The Kier molecular flexibility index (Phi) is 5.20. The lowest BCUT2D eigenvalue weighted by Gasteiger charge is -2.34. The molecule has 1 heterocycles. The molecule has 0 aromatic heterocycles. The highest BCUT2D eigenvalue weighted by atomic mass is 35.5. The van der Waals surface area contributed by atoms with Gasteiger partial charge in [-0.3, -0.25) is 0 Å². The lowest BCUT2D eigenvalue weighted by Crippen LogP contribution is -2.57. The van der Waals surface area contributed by atoms with Crippen molar-refractivity contribution in [3.8, 4) is 0 Å². The zero-order valence-corrected chi connectivity index (χ0v) is 13.6. The molecular weight excluding hydrogens is 324 g/mol. The SMILES string of the molecule is CN(C1CNC1)S(=O)(=O)c1ccc(S(C)(=O)=O)cc1.Cl. The molecule has 1 fully saturated rings. The second-order valence-electron chi connectivity index (χ2n) is 4.58. The summed E-state index contributed by atoms with van der Waals surface area (Å²) in [7, 11) is -5.34. The van der Waals surface area contributed by atoms with Crippen LogP contribution in [0.15, 0.2) is 34.1 Å². The number of hydrogen-bond acceptors (Lipinski definition) is 5. The van der Waals surface area contributed by atoms with Gasteiger partial charge in [0.25, 0.3) is 0 Å². The normalized spacial score (nSPS) is 16.6. The largest absolute Gasteiger partial charge is 0.313 e. The molecule has 1 N–H and O–H groups in total. The van der Waals surface area contributed by atoms with Crippen molar-refractivity contribution in [3.63, 3.8) is 0 Å². The molecule has 0 amide bonds. The van der Waals surface area contributed by atoms with Crippen molar-refractivity contribution in [3.05, 3.63) is 24.3 Å². The first-order valence-corrected chi connectivity index (χ1v) is 9.05. The van der Waals surface area contributed by atoms with Crippen LogP contribution in [0.4, 0.5) is 0 Å². The van der Waals surface area contributed by atoms with Crippen molar-refractivity contribution in [1.82, 2.24) is 9.62 Å². The van der Waals surface area contributed by atoms with Crippen molar-refractivity contribution in [1.29, 1.82) is 0 Å². The Bertz CT molecular complexity index is 667. The minimum Gasteiger partial charge on any atom is -0.313 e. The molecule has 0 unspecified atom stereocenters. The Morgan fingerprint density at radius 1 is 1.05 bits per heavy atom. The van der Waals surface area contributed by atoms with Crippen LogP contribution in [-0.2, 0) is 19.9 Å². The zero-order chi connectivity index (χ0) is 14.3. The average molecular weight is 341 g/mol. The van der Waals surface area contributed by atoms with Crippen LogP contribution >= 0.6 is 12.4 Å². The fourth-order valence-electron chi connectivity index (χ4n) is 1.75. The Labute approximate surface area is 125 Å². The molecule has 9 heteroatoms. The zero-order valence-electron chi connectivity index (χ0n) is 11.1. The van der Waals surface area contributed by atoms with Gasteiger partial charge in [0.1, 0.15) is 0 Å². The average Bonchev–Trinajstić information content (AvgIpc) is 2.25. The molecule has 20 heavy (non-hydrogen) atoms. The predicted molar refractivity (Wildman–Crippen MR) is 78.4 cm³/mol. The summed E-state index contributed by atoms with van der Waals surface area (Å²) in [4.78, 5) is 0.216. The number of nitrogens with one attached hydrogen (secondary N) is 1. The van der Waals surface area contributed by atoms with Gasteiger partial charge in [0, 0.05) is 32.4 Å². The van der Waals surface area contributed by atoms with Gasteiger partial charge in [-0.2, -0.15) is 4.31 Å². The Morgan fingerprint density at radius 3 is 1.85 bits per heavy atom. The standard InChI is InChI=1S/C11H16N2O4S2.ClH/c1-13(9-7-12-8-9)19(16,17)11-5-3-10(4-6-11)18(2,14)15;/h3-6,9,12H,7-8H2,1-2H3;1H.